The van der Waals surface area contributed by atoms with Gasteiger partial charge in [0.05, 0.1) is 33.4 Å². The number of aromatic amines is 1. The Balaban J connectivity index is 2.38. The molecule has 3 nitrogen and oxygen atoms in total. The Morgan fingerprint density at radius 2 is 2.05 bits per heavy atom. The van der Waals surface area contributed by atoms with Crippen molar-refractivity contribution in [1.29, 1.82) is 5.26 Å². The van der Waals surface area contributed by atoms with Crippen LogP contribution in [-0.4, -0.2) is 9.55 Å². The number of nitrogens with one attached hydrogen (secondary N) is 1. The molecule has 2 aromatic carbocycles. The van der Waals surface area contributed by atoms with Gasteiger partial charge in [-0.3, -0.25) is 4.57 Å². The van der Waals surface area contributed by atoms with E-state index < -0.39 is 0 Å². The molecule has 3 rings (SSSR count). The molecule has 0 amide bonds. The fourth-order valence-electron chi connectivity index (χ4n) is 2.20. The standard InChI is InChI=1S/C15H10ClN3S/c1-9-2-5-13(11(16)6-9)19-14-7-10(8-17)3-4-12(14)18-15(19)20/h2-7H,1H3,(H,18,20). The molecule has 0 bridgehead atoms. The maximum Gasteiger partial charge on any atom is 0.182 e. The van der Waals surface area contributed by atoms with Crippen molar-refractivity contribution >= 4 is 34.9 Å². The first-order valence-electron chi connectivity index (χ1n) is 6.01. The van der Waals surface area contributed by atoms with E-state index in [9.17, 15) is 0 Å². The normalized spacial score (nSPS) is 10.7. The Morgan fingerprint density at radius 3 is 2.75 bits per heavy atom. The lowest BCUT2D eigenvalue weighted by molar-refractivity contribution is 1.06. The molecule has 1 aromatic heterocycles. The Bertz CT molecular complexity index is 915. The molecular weight excluding hydrogens is 290 g/mol. The second kappa shape index (κ2) is 4.78. The van der Waals surface area contributed by atoms with Gasteiger partial charge < -0.3 is 4.98 Å². The van der Waals surface area contributed by atoms with Crippen LogP contribution in [0.5, 0.6) is 0 Å². The number of aromatic nitrogens is 2. The maximum absolute atomic E-state index is 9.03. The SMILES string of the molecule is Cc1ccc(-n2c(=S)[nH]c3ccc(C#N)cc32)c(Cl)c1. The van der Waals surface area contributed by atoms with Gasteiger partial charge in [-0.25, -0.2) is 0 Å². The smallest absolute Gasteiger partial charge is 0.182 e. The summed E-state index contributed by atoms with van der Waals surface area (Å²) in [6.45, 7) is 1.98. The molecule has 3 aromatic rings. The molecule has 0 unspecified atom stereocenters. The molecule has 0 aliphatic rings. The predicted molar refractivity (Wildman–Crippen MR) is 82.9 cm³/mol. The number of nitriles is 1. The lowest BCUT2D eigenvalue weighted by atomic mass is 10.2. The lowest BCUT2D eigenvalue weighted by Gasteiger charge is -2.08. The third kappa shape index (κ3) is 2.01. The summed E-state index contributed by atoms with van der Waals surface area (Å²) < 4.78 is 2.41. The maximum atomic E-state index is 9.03. The van der Waals surface area contributed by atoms with Gasteiger partial charge in [-0.2, -0.15) is 5.26 Å². The Labute approximate surface area is 126 Å². The summed E-state index contributed by atoms with van der Waals surface area (Å²) in [5, 5.41) is 9.66. The van der Waals surface area contributed by atoms with Gasteiger partial charge in [0, 0.05) is 0 Å². The third-order valence-electron chi connectivity index (χ3n) is 3.16. The molecule has 0 spiro atoms. The fraction of sp³-hybridized carbons (Fsp3) is 0.0667. The van der Waals surface area contributed by atoms with E-state index in [0.29, 0.717) is 15.4 Å². The quantitative estimate of drug-likeness (QED) is 0.671. The predicted octanol–water partition coefficient (Wildman–Crippen LogP) is 4.52. The van der Waals surface area contributed by atoms with Crippen molar-refractivity contribution in [2.75, 3.05) is 0 Å². The molecule has 0 radical (unpaired) electrons. The van der Waals surface area contributed by atoms with Crippen molar-refractivity contribution in [3.63, 3.8) is 0 Å². The van der Waals surface area contributed by atoms with E-state index in [4.69, 9.17) is 29.1 Å². The fourth-order valence-corrected chi connectivity index (χ4v) is 2.83. The Morgan fingerprint density at radius 1 is 1.25 bits per heavy atom. The number of benzene rings is 2. The second-order valence-electron chi connectivity index (χ2n) is 4.56. The van der Waals surface area contributed by atoms with Gasteiger partial charge in [0.25, 0.3) is 0 Å². The van der Waals surface area contributed by atoms with Gasteiger partial charge in [-0.05, 0) is 55.0 Å². The highest BCUT2D eigenvalue weighted by atomic mass is 35.5. The van der Waals surface area contributed by atoms with Crippen LogP contribution in [0.25, 0.3) is 16.7 Å². The summed E-state index contributed by atoms with van der Waals surface area (Å²) in [6.07, 6.45) is 0. The topological polar surface area (TPSA) is 44.5 Å². The van der Waals surface area contributed by atoms with Crippen molar-refractivity contribution in [3.8, 4) is 11.8 Å². The van der Waals surface area contributed by atoms with Crippen LogP contribution >= 0.6 is 23.8 Å². The van der Waals surface area contributed by atoms with Crippen molar-refractivity contribution in [2.24, 2.45) is 0 Å². The van der Waals surface area contributed by atoms with Gasteiger partial charge >= 0.3 is 0 Å². The number of fused-ring (bicyclic) bond motifs is 1. The van der Waals surface area contributed by atoms with E-state index in [1.807, 2.05) is 35.8 Å². The highest BCUT2D eigenvalue weighted by Crippen LogP contribution is 2.26. The minimum absolute atomic E-state index is 0.556. The summed E-state index contributed by atoms with van der Waals surface area (Å²) in [5.74, 6) is 0. The first-order chi connectivity index (χ1) is 9.60. The van der Waals surface area contributed by atoms with Gasteiger partial charge in [-0.15, -0.1) is 0 Å². The van der Waals surface area contributed by atoms with Crippen LogP contribution in [0.2, 0.25) is 5.02 Å². The molecule has 5 heteroatoms. The summed E-state index contributed by atoms with van der Waals surface area (Å²) in [6, 6.07) is 13.4. The summed E-state index contributed by atoms with van der Waals surface area (Å²) in [4.78, 5) is 3.13. The molecule has 0 saturated heterocycles. The number of hydrogen-bond acceptors (Lipinski definition) is 2. The van der Waals surface area contributed by atoms with Crippen LogP contribution in [-0.2, 0) is 0 Å². The molecule has 1 heterocycles. The number of nitrogens with zero attached hydrogens (tertiary/aromatic N) is 2. The molecule has 0 aliphatic carbocycles. The first-order valence-corrected chi connectivity index (χ1v) is 6.80. The molecule has 0 fully saturated rings. The minimum Gasteiger partial charge on any atom is -0.330 e. The van der Waals surface area contributed by atoms with E-state index >= 15 is 0 Å². The van der Waals surface area contributed by atoms with Gasteiger partial charge in [0.15, 0.2) is 4.77 Å². The van der Waals surface area contributed by atoms with E-state index in [1.54, 1.807) is 12.1 Å². The number of imidazole rings is 1. The van der Waals surface area contributed by atoms with E-state index in [2.05, 4.69) is 11.1 Å². The zero-order chi connectivity index (χ0) is 14.3. The molecule has 1 N–H and O–H groups in total. The Hall–Kier alpha value is -2.09. The van der Waals surface area contributed by atoms with Crippen LogP contribution in [0.3, 0.4) is 0 Å². The Kier molecular flexibility index (Phi) is 3.09. The number of H-pyrrole nitrogens is 1. The van der Waals surface area contributed by atoms with Gasteiger partial charge in [-0.1, -0.05) is 17.7 Å². The van der Waals surface area contributed by atoms with Crippen molar-refractivity contribution < 1.29 is 0 Å². The van der Waals surface area contributed by atoms with Crippen LogP contribution in [0.15, 0.2) is 36.4 Å². The zero-order valence-electron chi connectivity index (χ0n) is 10.6. The molecule has 0 atom stereocenters. The molecule has 20 heavy (non-hydrogen) atoms. The van der Waals surface area contributed by atoms with Crippen LogP contribution < -0.4 is 0 Å². The van der Waals surface area contributed by atoms with E-state index in [-0.39, 0.29) is 0 Å². The average Bonchev–Trinajstić information content (AvgIpc) is 2.74. The lowest BCUT2D eigenvalue weighted by Crippen LogP contribution is -1.95. The van der Waals surface area contributed by atoms with Gasteiger partial charge in [0.1, 0.15) is 0 Å². The van der Waals surface area contributed by atoms with Crippen LogP contribution in [0.4, 0.5) is 0 Å². The number of hydrogen-bond donors (Lipinski definition) is 1. The summed E-state index contributed by atoms with van der Waals surface area (Å²) in [7, 11) is 0. The molecular formula is C15H10ClN3S. The van der Waals surface area contributed by atoms with Crippen molar-refractivity contribution in [1.82, 2.24) is 9.55 Å². The average molecular weight is 300 g/mol. The monoisotopic (exact) mass is 299 g/mol. The molecule has 98 valence electrons. The summed E-state index contributed by atoms with van der Waals surface area (Å²) in [5.41, 5.74) is 4.21. The highest BCUT2D eigenvalue weighted by molar-refractivity contribution is 7.71. The van der Waals surface area contributed by atoms with Crippen molar-refractivity contribution in [3.05, 3.63) is 57.3 Å². The van der Waals surface area contributed by atoms with Crippen LogP contribution in [0, 0.1) is 23.0 Å². The second-order valence-corrected chi connectivity index (χ2v) is 5.36. The third-order valence-corrected chi connectivity index (χ3v) is 3.74. The number of aryl methyl sites for hydroxylation is 1. The van der Waals surface area contributed by atoms with E-state index in [1.165, 1.54) is 0 Å². The zero-order valence-corrected chi connectivity index (χ0v) is 12.2. The van der Waals surface area contributed by atoms with Crippen molar-refractivity contribution in [2.45, 2.75) is 6.92 Å². The van der Waals surface area contributed by atoms with E-state index in [0.717, 1.165) is 22.3 Å². The largest absolute Gasteiger partial charge is 0.330 e. The minimum atomic E-state index is 0.556. The van der Waals surface area contributed by atoms with Crippen LogP contribution in [0.1, 0.15) is 11.1 Å². The highest BCUT2D eigenvalue weighted by Gasteiger charge is 2.10. The summed E-state index contributed by atoms with van der Waals surface area (Å²) >= 11 is 11.7. The molecule has 0 aliphatic heterocycles. The molecule has 0 saturated carbocycles. The number of rotatable bonds is 1. The number of halogens is 1. The first kappa shape index (κ1) is 12.9. The van der Waals surface area contributed by atoms with Gasteiger partial charge in [0.2, 0.25) is 0 Å².